The van der Waals surface area contributed by atoms with Gasteiger partial charge in [-0.25, -0.2) is 4.79 Å². The molecular weight excluding hydrogens is 240 g/mol. The van der Waals surface area contributed by atoms with E-state index in [-0.39, 0.29) is 17.0 Å². The van der Waals surface area contributed by atoms with Gasteiger partial charge in [0.1, 0.15) is 5.60 Å². The van der Waals surface area contributed by atoms with Crippen molar-refractivity contribution < 1.29 is 9.53 Å². The second kappa shape index (κ2) is 3.46. The molecule has 4 aliphatic rings. The normalized spacial score (nSPS) is 42.8. The molecule has 4 heteroatoms. The lowest BCUT2D eigenvalue weighted by molar-refractivity contribution is 0.0166. The third-order valence-electron chi connectivity index (χ3n) is 5.39. The second-order valence-corrected chi connectivity index (χ2v) is 8.32. The quantitative estimate of drug-likeness (QED) is 0.792. The Kier molecular flexibility index (Phi) is 2.41. The van der Waals surface area contributed by atoms with Gasteiger partial charge >= 0.3 is 6.09 Å². The minimum Gasteiger partial charge on any atom is -0.444 e. The summed E-state index contributed by atoms with van der Waals surface area (Å²) in [5.41, 5.74) is 6.32. The summed E-state index contributed by atoms with van der Waals surface area (Å²) in [7, 11) is 0. The van der Waals surface area contributed by atoms with E-state index in [9.17, 15) is 4.79 Å². The SMILES string of the molecule is CC(C)(C)OC(=O)N1C[C@@H]2C[C@H]1C2C1(N)CC1(C)C. The van der Waals surface area contributed by atoms with Gasteiger partial charge in [0, 0.05) is 24.0 Å². The molecule has 108 valence electrons. The number of carbonyl (C=O) groups is 1. The van der Waals surface area contributed by atoms with Crippen molar-refractivity contribution in [2.24, 2.45) is 23.0 Å². The molecule has 2 aliphatic carbocycles. The second-order valence-electron chi connectivity index (χ2n) is 8.32. The zero-order valence-electron chi connectivity index (χ0n) is 12.7. The maximum atomic E-state index is 12.2. The summed E-state index contributed by atoms with van der Waals surface area (Å²) >= 11 is 0. The minimum atomic E-state index is -0.418. The Labute approximate surface area is 115 Å². The average Bonchev–Trinajstić information content (AvgIpc) is 2.59. The van der Waals surface area contributed by atoms with Crippen LogP contribution in [0.5, 0.6) is 0 Å². The molecule has 2 aliphatic heterocycles. The number of amides is 1. The number of hydrogen-bond donors (Lipinski definition) is 1. The van der Waals surface area contributed by atoms with E-state index < -0.39 is 5.60 Å². The monoisotopic (exact) mass is 266 g/mol. The summed E-state index contributed by atoms with van der Waals surface area (Å²) in [6.45, 7) is 11.1. The van der Waals surface area contributed by atoms with Crippen molar-refractivity contribution in [2.45, 2.75) is 64.6 Å². The molecule has 2 heterocycles. The maximum absolute atomic E-state index is 12.2. The largest absolute Gasteiger partial charge is 0.444 e. The molecule has 2 unspecified atom stereocenters. The van der Waals surface area contributed by atoms with Gasteiger partial charge in [-0.05, 0) is 44.9 Å². The van der Waals surface area contributed by atoms with Crippen LogP contribution in [0.3, 0.4) is 0 Å². The molecule has 0 aromatic carbocycles. The van der Waals surface area contributed by atoms with E-state index >= 15 is 0 Å². The zero-order chi connectivity index (χ0) is 14.2. The number of nitrogens with zero attached hydrogens (tertiary/aromatic N) is 1. The zero-order valence-corrected chi connectivity index (χ0v) is 12.7. The highest BCUT2D eigenvalue weighted by Gasteiger charge is 2.72. The molecule has 0 spiro atoms. The first-order chi connectivity index (χ1) is 8.55. The molecule has 2 saturated heterocycles. The van der Waals surface area contributed by atoms with Crippen LogP contribution in [-0.4, -0.2) is 34.7 Å². The average molecular weight is 266 g/mol. The molecule has 0 radical (unpaired) electrons. The molecule has 2 saturated carbocycles. The van der Waals surface area contributed by atoms with Crippen molar-refractivity contribution in [2.75, 3.05) is 6.54 Å². The Hall–Kier alpha value is -0.770. The van der Waals surface area contributed by atoms with Crippen molar-refractivity contribution in [3.63, 3.8) is 0 Å². The molecule has 4 fully saturated rings. The van der Waals surface area contributed by atoms with E-state index in [1.807, 2.05) is 25.7 Å². The first-order valence-electron chi connectivity index (χ1n) is 7.34. The van der Waals surface area contributed by atoms with Crippen LogP contribution in [-0.2, 0) is 4.74 Å². The highest BCUT2D eigenvalue weighted by molar-refractivity contribution is 5.70. The predicted octanol–water partition coefficient (Wildman–Crippen LogP) is 2.37. The highest BCUT2D eigenvalue weighted by atomic mass is 16.6. The summed E-state index contributed by atoms with van der Waals surface area (Å²) in [5.74, 6) is 1.07. The van der Waals surface area contributed by atoms with E-state index in [4.69, 9.17) is 10.5 Å². The lowest BCUT2D eigenvalue weighted by Gasteiger charge is -2.42. The fourth-order valence-corrected chi connectivity index (χ4v) is 4.17. The Bertz CT molecular complexity index is 426. The third kappa shape index (κ3) is 1.79. The van der Waals surface area contributed by atoms with E-state index in [1.165, 1.54) is 0 Å². The molecule has 2 bridgehead atoms. The van der Waals surface area contributed by atoms with Gasteiger partial charge in [0.15, 0.2) is 0 Å². The van der Waals surface area contributed by atoms with Crippen LogP contribution in [0.4, 0.5) is 4.79 Å². The Morgan fingerprint density at radius 3 is 2.42 bits per heavy atom. The van der Waals surface area contributed by atoms with E-state index in [2.05, 4.69) is 13.8 Å². The summed E-state index contributed by atoms with van der Waals surface area (Å²) in [6.07, 6.45) is 2.03. The standard InChI is InChI=1S/C15H26N2O2/c1-13(2,3)19-12(18)17-7-9-6-10(17)11(9)15(16)8-14(15,4)5/h9-11H,6-8,16H2,1-5H3/t9-,10-,11?,15?/m0/s1. The molecule has 4 nitrogen and oxygen atoms in total. The molecular formula is C15H26N2O2. The van der Waals surface area contributed by atoms with Crippen LogP contribution >= 0.6 is 0 Å². The number of hydrogen-bond acceptors (Lipinski definition) is 3. The number of carbonyl (C=O) groups excluding carboxylic acids is 1. The number of rotatable bonds is 1. The molecule has 4 rings (SSSR count). The van der Waals surface area contributed by atoms with Crippen molar-refractivity contribution in [1.82, 2.24) is 4.90 Å². The van der Waals surface area contributed by atoms with Gasteiger partial charge in [-0.3, -0.25) is 0 Å². The summed E-state index contributed by atoms with van der Waals surface area (Å²) in [4.78, 5) is 14.1. The minimum absolute atomic E-state index is 0.0582. The number of nitrogens with two attached hydrogens (primary N) is 1. The van der Waals surface area contributed by atoms with Crippen molar-refractivity contribution in [3.05, 3.63) is 0 Å². The van der Waals surface area contributed by atoms with Gasteiger partial charge in [0.05, 0.1) is 0 Å². The lowest BCUT2D eigenvalue weighted by Crippen LogP contribution is -2.54. The third-order valence-corrected chi connectivity index (χ3v) is 5.39. The van der Waals surface area contributed by atoms with Gasteiger partial charge in [0.2, 0.25) is 0 Å². The molecule has 0 aromatic heterocycles. The van der Waals surface area contributed by atoms with Crippen LogP contribution in [0.1, 0.15) is 47.5 Å². The first-order valence-corrected chi connectivity index (χ1v) is 7.34. The van der Waals surface area contributed by atoms with Gasteiger partial charge in [-0.15, -0.1) is 0 Å². The fourth-order valence-electron chi connectivity index (χ4n) is 4.17. The van der Waals surface area contributed by atoms with Gasteiger partial charge in [-0.1, -0.05) is 13.8 Å². The highest BCUT2D eigenvalue weighted by Crippen LogP contribution is 2.66. The lowest BCUT2D eigenvalue weighted by atomic mass is 9.66. The molecule has 19 heavy (non-hydrogen) atoms. The topological polar surface area (TPSA) is 55.6 Å². The van der Waals surface area contributed by atoms with Gasteiger partial charge in [0.25, 0.3) is 0 Å². The Balaban J connectivity index is 1.69. The van der Waals surface area contributed by atoms with Crippen molar-refractivity contribution in [3.8, 4) is 0 Å². The Morgan fingerprint density at radius 1 is 1.37 bits per heavy atom. The maximum Gasteiger partial charge on any atom is 0.410 e. The fraction of sp³-hybridized carbons (Fsp3) is 0.933. The van der Waals surface area contributed by atoms with E-state index in [0.717, 1.165) is 19.4 Å². The van der Waals surface area contributed by atoms with Gasteiger partial charge in [-0.2, -0.15) is 0 Å². The number of fused-ring (bicyclic) bond motifs is 1. The van der Waals surface area contributed by atoms with Crippen LogP contribution in [0.25, 0.3) is 0 Å². The predicted molar refractivity (Wildman–Crippen MR) is 73.6 cm³/mol. The van der Waals surface area contributed by atoms with E-state index in [0.29, 0.717) is 17.9 Å². The van der Waals surface area contributed by atoms with Crippen molar-refractivity contribution >= 4 is 6.09 Å². The van der Waals surface area contributed by atoms with Gasteiger partial charge < -0.3 is 15.4 Å². The molecule has 1 amide bonds. The summed E-state index contributed by atoms with van der Waals surface area (Å²) in [6, 6.07) is 0.312. The molecule has 0 aromatic rings. The summed E-state index contributed by atoms with van der Waals surface area (Å²) < 4.78 is 5.50. The summed E-state index contributed by atoms with van der Waals surface area (Å²) in [5, 5.41) is 0. The van der Waals surface area contributed by atoms with Crippen LogP contribution in [0.2, 0.25) is 0 Å². The van der Waals surface area contributed by atoms with Crippen molar-refractivity contribution in [1.29, 1.82) is 0 Å². The first kappa shape index (κ1) is 13.2. The van der Waals surface area contributed by atoms with Crippen LogP contribution in [0, 0.1) is 17.3 Å². The Morgan fingerprint density at radius 2 is 1.95 bits per heavy atom. The van der Waals surface area contributed by atoms with Crippen LogP contribution < -0.4 is 5.73 Å². The smallest absolute Gasteiger partial charge is 0.410 e. The van der Waals surface area contributed by atoms with Crippen LogP contribution in [0.15, 0.2) is 0 Å². The molecule has 4 atom stereocenters. The number of ether oxygens (including phenoxy) is 1. The molecule has 2 N–H and O–H groups in total. The van der Waals surface area contributed by atoms with E-state index in [1.54, 1.807) is 0 Å².